The number of nitrogens with zero attached hydrogens (tertiary/aromatic N) is 1. The van der Waals surface area contributed by atoms with Crippen molar-refractivity contribution in [1.82, 2.24) is 9.88 Å². The number of benzene rings is 1. The molecule has 1 aromatic carbocycles. The summed E-state index contributed by atoms with van der Waals surface area (Å²) in [6.45, 7) is 7.51. The molecule has 2 heterocycles. The van der Waals surface area contributed by atoms with Gasteiger partial charge in [0.1, 0.15) is 11.5 Å². The molecule has 1 atom stereocenters. The van der Waals surface area contributed by atoms with Crippen LogP contribution < -0.4 is 5.32 Å². The van der Waals surface area contributed by atoms with Crippen molar-refractivity contribution in [2.75, 3.05) is 13.1 Å². The molecule has 1 aliphatic heterocycles. The summed E-state index contributed by atoms with van der Waals surface area (Å²) in [6.07, 6.45) is 0.858. The molecule has 23 heavy (non-hydrogen) atoms. The van der Waals surface area contributed by atoms with Crippen molar-refractivity contribution in [3.63, 3.8) is 0 Å². The summed E-state index contributed by atoms with van der Waals surface area (Å²) in [4.78, 5) is 24.4. The highest BCUT2D eigenvalue weighted by Gasteiger charge is 2.33. The molecule has 0 bridgehead atoms. The molecule has 0 aliphatic carbocycles. The van der Waals surface area contributed by atoms with E-state index in [0.717, 1.165) is 36.0 Å². The Kier molecular flexibility index (Phi) is 3.98. The number of nitrogens with one attached hydrogen (secondary N) is 1. The van der Waals surface area contributed by atoms with Gasteiger partial charge in [0, 0.05) is 41.8 Å². The van der Waals surface area contributed by atoms with Gasteiger partial charge in [-0.3, -0.25) is 9.59 Å². The summed E-state index contributed by atoms with van der Waals surface area (Å²) in [5.41, 5.74) is 1.80. The Morgan fingerprint density at radius 2 is 2.09 bits per heavy atom. The first-order valence-electron chi connectivity index (χ1n) is 7.92. The molecule has 0 amide bonds. The van der Waals surface area contributed by atoms with Crippen LogP contribution in [0, 0.1) is 0 Å². The second-order valence-corrected chi connectivity index (χ2v) is 6.88. The number of para-hydroxylation sites is 1. The van der Waals surface area contributed by atoms with Gasteiger partial charge < -0.3 is 14.6 Å². The van der Waals surface area contributed by atoms with Gasteiger partial charge in [-0.15, -0.1) is 0 Å². The summed E-state index contributed by atoms with van der Waals surface area (Å²) >= 11 is 0. The predicted octanol–water partition coefficient (Wildman–Crippen LogP) is 2.48. The van der Waals surface area contributed by atoms with Crippen LogP contribution in [-0.2, 0) is 16.1 Å². The fraction of sp³-hybridized carbons (Fsp3) is 0.444. The molecule has 0 spiro atoms. The van der Waals surface area contributed by atoms with E-state index in [2.05, 4.69) is 9.88 Å². The van der Waals surface area contributed by atoms with Crippen LogP contribution in [0.4, 0.5) is 0 Å². The highest BCUT2D eigenvalue weighted by Crippen LogP contribution is 2.32. The van der Waals surface area contributed by atoms with Crippen molar-refractivity contribution in [3.8, 4) is 0 Å². The molecule has 1 aromatic heterocycles. The SMILES string of the molecule is CC(C)(C)OC(=O)C1CNCCn2c1c(C=O)c1ccccc12. The highest BCUT2D eigenvalue weighted by molar-refractivity contribution is 6.01. The molecule has 0 saturated heterocycles. The average molecular weight is 314 g/mol. The van der Waals surface area contributed by atoms with Crippen LogP contribution in [0.1, 0.15) is 42.7 Å². The Morgan fingerprint density at radius 1 is 1.35 bits per heavy atom. The first-order valence-corrected chi connectivity index (χ1v) is 7.92. The van der Waals surface area contributed by atoms with E-state index in [-0.39, 0.29) is 5.97 Å². The molecule has 0 fully saturated rings. The lowest BCUT2D eigenvalue weighted by Gasteiger charge is -2.24. The second kappa shape index (κ2) is 5.81. The first kappa shape index (κ1) is 15.7. The van der Waals surface area contributed by atoms with Crippen molar-refractivity contribution < 1.29 is 14.3 Å². The molecule has 5 nitrogen and oxygen atoms in total. The molecule has 1 aliphatic rings. The lowest BCUT2D eigenvalue weighted by molar-refractivity contribution is -0.156. The van der Waals surface area contributed by atoms with Crippen molar-refractivity contribution >= 4 is 23.2 Å². The Bertz CT molecular complexity index is 755. The van der Waals surface area contributed by atoms with Gasteiger partial charge in [-0.05, 0) is 26.8 Å². The standard InChI is InChI=1S/C18H22N2O3/c1-18(2,3)23-17(22)13-10-19-8-9-20-15-7-5-4-6-12(15)14(11-21)16(13)20/h4-7,11,13,19H,8-10H2,1-3H3. The van der Waals surface area contributed by atoms with Crippen LogP contribution in [0.25, 0.3) is 10.9 Å². The van der Waals surface area contributed by atoms with Crippen molar-refractivity contribution in [3.05, 3.63) is 35.5 Å². The van der Waals surface area contributed by atoms with Crippen LogP contribution in [0.2, 0.25) is 0 Å². The van der Waals surface area contributed by atoms with Gasteiger partial charge in [0.05, 0.1) is 0 Å². The Balaban J connectivity index is 2.16. The number of ether oxygens (including phenoxy) is 1. The minimum atomic E-state index is -0.554. The number of carbonyl (C=O) groups excluding carboxylic acids is 2. The fourth-order valence-electron chi connectivity index (χ4n) is 3.19. The number of hydrogen-bond acceptors (Lipinski definition) is 4. The monoisotopic (exact) mass is 314 g/mol. The lowest BCUT2D eigenvalue weighted by atomic mass is 10.00. The van der Waals surface area contributed by atoms with E-state index in [1.54, 1.807) is 0 Å². The van der Waals surface area contributed by atoms with E-state index in [1.165, 1.54) is 0 Å². The van der Waals surface area contributed by atoms with Crippen LogP contribution in [0.5, 0.6) is 0 Å². The zero-order valence-electron chi connectivity index (χ0n) is 13.8. The Morgan fingerprint density at radius 3 is 2.78 bits per heavy atom. The minimum Gasteiger partial charge on any atom is -0.459 e. The smallest absolute Gasteiger partial charge is 0.316 e. The van der Waals surface area contributed by atoms with Gasteiger partial charge in [0.25, 0.3) is 0 Å². The molecule has 3 rings (SSSR count). The average Bonchev–Trinajstić information content (AvgIpc) is 2.64. The zero-order valence-corrected chi connectivity index (χ0v) is 13.8. The summed E-state index contributed by atoms with van der Waals surface area (Å²) < 4.78 is 7.65. The maximum Gasteiger partial charge on any atom is 0.316 e. The number of aromatic nitrogens is 1. The van der Waals surface area contributed by atoms with E-state index in [4.69, 9.17) is 4.74 Å². The summed E-state index contributed by atoms with van der Waals surface area (Å²) in [5.74, 6) is -0.775. The number of rotatable bonds is 2. The molecule has 2 aromatic rings. The number of carbonyl (C=O) groups is 2. The fourth-order valence-corrected chi connectivity index (χ4v) is 3.19. The molecule has 1 N–H and O–H groups in total. The topological polar surface area (TPSA) is 60.3 Å². The number of hydrogen-bond donors (Lipinski definition) is 1. The third-order valence-corrected chi connectivity index (χ3v) is 4.05. The molecule has 122 valence electrons. The van der Waals surface area contributed by atoms with Gasteiger partial charge in [0.2, 0.25) is 0 Å². The van der Waals surface area contributed by atoms with E-state index in [1.807, 2.05) is 45.0 Å². The molecular formula is C18H22N2O3. The first-order chi connectivity index (χ1) is 10.9. The Labute approximate surface area is 135 Å². The van der Waals surface area contributed by atoms with Crippen LogP contribution >= 0.6 is 0 Å². The third kappa shape index (κ3) is 2.88. The van der Waals surface area contributed by atoms with Crippen LogP contribution in [0.15, 0.2) is 24.3 Å². The maximum atomic E-state index is 12.7. The van der Waals surface area contributed by atoms with Gasteiger partial charge in [0.15, 0.2) is 6.29 Å². The molecule has 5 heteroatoms. The van der Waals surface area contributed by atoms with Gasteiger partial charge in [-0.2, -0.15) is 0 Å². The number of esters is 1. The van der Waals surface area contributed by atoms with Gasteiger partial charge in [-0.1, -0.05) is 18.2 Å². The van der Waals surface area contributed by atoms with Gasteiger partial charge in [-0.25, -0.2) is 0 Å². The summed E-state index contributed by atoms with van der Waals surface area (Å²) in [6, 6.07) is 7.78. The lowest BCUT2D eigenvalue weighted by Crippen LogP contribution is -2.32. The van der Waals surface area contributed by atoms with E-state index < -0.39 is 11.5 Å². The van der Waals surface area contributed by atoms with Crippen LogP contribution in [0.3, 0.4) is 0 Å². The van der Waals surface area contributed by atoms with Crippen molar-refractivity contribution in [1.29, 1.82) is 0 Å². The predicted molar refractivity (Wildman–Crippen MR) is 88.8 cm³/mol. The summed E-state index contributed by atoms with van der Waals surface area (Å²) in [7, 11) is 0. The number of fused-ring (bicyclic) bond motifs is 3. The number of aldehydes is 1. The maximum absolute atomic E-state index is 12.7. The minimum absolute atomic E-state index is 0.293. The summed E-state index contributed by atoms with van der Waals surface area (Å²) in [5, 5.41) is 4.17. The third-order valence-electron chi connectivity index (χ3n) is 4.05. The second-order valence-electron chi connectivity index (χ2n) is 6.88. The van der Waals surface area contributed by atoms with E-state index in [9.17, 15) is 9.59 Å². The van der Waals surface area contributed by atoms with Crippen LogP contribution in [-0.4, -0.2) is 35.5 Å². The van der Waals surface area contributed by atoms with Crippen molar-refractivity contribution in [2.45, 2.75) is 38.8 Å². The van der Waals surface area contributed by atoms with E-state index in [0.29, 0.717) is 12.1 Å². The molecular weight excluding hydrogens is 292 g/mol. The normalized spacial score (nSPS) is 18.3. The van der Waals surface area contributed by atoms with Crippen molar-refractivity contribution in [2.24, 2.45) is 0 Å². The molecule has 0 radical (unpaired) electrons. The zero-order chi connectivity index (χ0) is 16.6. The highest BCUT2D eigenvalue weighted by atomic mass is 16.6. The Hall–Kier alpha value is -2.14. The van der Waals surface area contributed by atoms with E-state index >= 15 is 0 Å². The molecule has 0 saturated carbocycles. The molecule has 1 unspecified atom stereocenters. The largest absolute Gasteiger partial charge is 0.459 e. The van der Waals surface area contributed by atoms with Gasteiger partial charge >= 0.3 is 5.97 Å². The quantitative estimate of drug-likeness (QED) is 0.683.